The Balaban J connectivity index is 1.85. The van der Waals surface area contributed by atoms with Gasteiger partial charge in [-0.15, -0.1) is 0 Å². The van der Waals surface area contributed by atoms with E-state index in [0.29, 0.717) is 22.7 Å². The van der Waals surface area contributed by atoms with Gasteiger partial charge in [-0.05, 0) is 48.9 Å². The molecule has 0 saturated heterocycles. The number of nitrogens with zero attached hydrogens (tertiary/aromatic N) is 3. The van der Waals surface area contributed by atoms with E-state index in [1.54, 1.807) is 49.4 Å². The summed E-state index contributed by atoms with van der Waals surface area (Å²) in [5, 5.41) is 23.1. The van der Waals surface area contributed by atoms with E-state index in [2.05, 4.69) is 5.10 Å². The molecule has 0 aliphatic carbocycles. The molecule has 7 heteroatoms. The van der Waals surface area contributed by atoms with Gasteiger partial charge < -0.3 is 9.84 Å². The number of aromatic carboxylic acids is 1. The zero-order valence-corrected chi connectivity index (χ0v) is 14.4. The van der Waals surface area contributed by atoms with Crippen LogP contribution in [0.25, 0.3) is 6.08 Å². The monoisotopic (exact) mass is 361 g/mol. The molecule has 1 aliphatic rings. The van der Waals surface area contributed by atoms with Crippen LogP contribution >= 0.6 is 0 Å². The van der Waals surface area contributed by atoms with Crippen molar-refractivity contribution >= 4 is 29.4 Å². The minimum absolute atomic E-state index is 0.0327. The smallest absolute Gasteiger partial charge is 0.335 e. The van der Waals surface area contributed by atoms with Crippen molar-refractivity contribution in [1.82, 2.24) is 0 Å². The number of ether oxygens (including phenoxy) is 1. The lowest BCUT2D eigenvalue weighted by Gasteiger charge is -2.12. The average Bonchev–Trinajstić information content (AvgIpc) is 2.95. The summed E-state index contributed by atoms with van der Waals surface area (Å²) in [4.78, 5) is 23.9. The van der Waals surface area contributed by atoms with Crippen LogP contribution in [0.3, 0.4) is 0 Å². The molecule has 2 aromatic carbocycles. The third kappa shape index (κ3) is 3.85. The molecule has 0 fully saturated rings. The van der Waals surface area contributed by atoms with Gasteiger partial charge in [-0.25, -0.2) is 4.79 Å². The van der Waals surface area contributed by atoms with Crippen LogP contribution in [-0.2, 0) is 4.79 Å². The second-order valence-corrected chi connectivity index (χ2v) is 5.73. The Labute approximate surface area is 155 Å². The molecule has 1 heterocycles. The number of anilines is 1. The van der Waals surface area contributed by atoms with Gasteiger partial charge in [-0.2, -0.15) is 15.4 Å². The zero-order valence-electron chi connectivity index (χ0n) is 14.4. The minimum atomic E-state index is -1.07. The quantitative estimate of drug-likeness (QED) is 0.824. The van der Waals surface area contributed by atoms with Crippen molar-refractivity contribution < 1.29 is 19.4 Å². The van der Waals surface area contributed by atoms with Crippen LogP contribution in [0, 0.1) is 11.3 Å². The summed E-state index contributed by atoms with van der Waals surface area (Å²) < 4.78 is 5.20. The van der Waals surface area contributed by atoms with Crippen molar-refractivity contribution in [2.75, 3.05) is 11.6 Å². The maximum Gasteiger partial charge on any atom is 0.335 e. The van der Waals surface area contributed by atoms with Gasteiger partial charge in [-0.1, -0.05) is 18.2 Å². The standard InChI is InChI=1S/C20H15N3O4/c1-13-18(11-14-5-7-17(8-6-14)27-10-9-21)19(24)23(22-13)16-4-2-3-15(12-16)20(25)26/h2-8,11-12H,10H2,1H3,(H,25,26)/b18-11-. The van der Waals surface area contributed by atoms with Crippen LogP contribution in [0.1, 0.15) is 22.8 Å². The summed E-state index contributed by atoms with van der Waals surface area (Å²) in [5.74, 6) is -0.840. The third-order valence-electron chi connectivity index (χ3n) is 3.89. The van der Waals surface area contributed by atoms with Gasteiger partial charge in [-0.3, -0.25) is 4.79 Å². The fourth-order valence-corrected chi connectivity index (χ4v) is 2.57. The molecule has 0 atom stereocenters. The second kappa shape index (κ2) is 7.54. The molecule has 1 amide bonds. The minimum Gasteiger partial charge on any atom is -0.479 e. The van der Waals surface area contributed by atoms with E-state index in [-0.39, 0.29) is 18.1 Å². The first kappa shape index (κ1) is 17.9. The lowest BCUT2D eigenvalue weighted by molar-refractivity contribution is -0.114. The number of carboxylic acid groups (broad SMARTS) is 1. The molecule has 1 aliphatic heterocycles. The molecular weight excluding hydrogens is 346 g/mol. The molecule has 0 unspecified atom stereocenters. The number of hydrogen-bond acceptors (Lipinski definition) is 5. The van der Waals surface area contributed by atoms with Crippen molar-refractivity contribution in [3.8, 4) is 11.8 Å². The van der Waals surface area contributed by atoms with Gasteiger partial charge in [0.2, 0.25) is 0 Å². The largest absolute Gasteiger partial charge is 0.479 e. The summed E-state index contributed by atoms with van der Waals surface area (Å²) in [6.07, 6.45) is 1.70. The summed E-state index contributed by atoms with van der Waals surface area (Å²) in [7, 11) is 0. The maximum absolute atomic E-state index is 12.7. The first-order valence-electron chi connectivity index (χ1n) is 8.04. The number of rotatable bonds is 5. The fraction of sp³-hybridized carbons (Fsp3) is 0.100. The molecule has 134 valence electrons. The van der Waals surface area contributed by atoms with E-state index in [1.807, 2.05) is 6.07 Å². The summed E-state index contributed by atoms with van der Waals surface area (Å²) in [6, 6.07) is 14.9. The predicted molar refractivity (Wildman–Crippen MR) is 99.5 cm³/mol. The Hall–Kier alpha value is -3.92. The van der Waals surface area contributed by atoms with Crippen LogP contribution < -0.4 is 9.75 Å². The molecule has 3 rings (SSSR count). The highest BCUT2D eigenvalue weighted by Crippen LogP contribution is 2.26. The topological polar surface area (TPSA) is 103 Å². The van der Waals surface area contributed by atoms with Crippen LogP contribution in [-0.4, -0.2) is 29.3 Å². The van der Waals surface area contributed by atoms with Gasteiger partial charge in [0.15, 0.2) is 6.61 Å². The van der Waals surface area contributed by atoms with Crippen LogP contribution in [0.15, 0.2) is 59.2 Å². The van der Waals surface area contributed by atoms with Crippen molar-refractivity contribution in [2.45, 2.75) is 6.92 Å². The Bertz CT molecular complexity index is 1000. The number of amides is 1. The molecule has 1 N–H and O–H groups in total. The molecule has 0 radical (unpaired) electrons. The Morgan fingerprint density at radius 1 is 1.30 bits per heavy atom. The van der Waals surface area contributed by atoms with E-state index < -0.39 is 5.97 Å². The van der Waals surface area contributed by atoms with Crippen molar-refractivity contribution in [3.05, 3.63) is 65.2 Å². The van der Waals surface area contributed by atoms with Crippen LogP contribution in [0.2, 0.25) is 0 Å². The molecule has 27 heavy (non-hydrogen) atoms. The number of hydrazone groups is 1. The van der Waals surface area contributed by atoms with Gasteiger partial charge in [0, 0.05) is 0 Å². The van der Waals surface area contributed by atoms with Crippen molar-refractivity contribution in [1.29, 1.82) is 5.26 Å². The van der Waals surface area contributed by atoms with E-state index in [1.165, 1.54) is 17.1 Å². The zero-order chi connectivity index (χ0) is 19.4. The van der Waals surface area contributed by atoms with Gasteiger partial charge in [0.1, 0.15) is 11.8 Å². The number of carbonyl (C=O) groups is 2. The molecular formula is C20H15N3O4. The first-order valence-corrected chi connectivity index (χ1v) is 8.04. The van der Waals surface area contributed by atoms with Gasteiger partial charge in [0.25, 0.3) is 5.91 Å². The van der Waals surface area contributed by atoms with E-state index >= 15 is 0 Å². The fourth-order valence-electron chi connectivity index (χ4n) is 2.57. The number of hydrogen-bond donors (Lipinski definition) is 1. The molecule has 0 spiro atoms. The molecule has 0 aromatic heterocycles. The predicted octanol–water partition coefficient (Wildman–Crippen LogP) is 3.09. The van der Waals surface area contributed by atoms with E-state index in [9.17, 15) is 9.59 Å². The summed E-state index contributed by atoms with van der Waals surface area (Å²) in [6.45, 7) is 1.68. The van der Waals surface area contributed by atoms with Crippen LogP contribution in [0.5, 0.6) is 5.75 Å². The molecule has 2 aromatic rings. The second-order valence-electron chi connectivity index (χ2n) is 5.73. The SMILES string of the molecule is CC1=NN(c2cccc(C(=O)O)c2)C(=O)/C1=C\c1ccc(OCC#N)cc1. The average molecular weight is 361 g/mol. The lowest BCUT2D eigenvalue weighted by Crippen LogP contribution is -2.21. The number of carboxylic acids is 1. The highest BCUT2D eigenvalue weighted by molar-refractivity contribution is 6.32. The molecule has 7 nitrogen and oxygen atoms in total. The molecule has 0 bridgehead atoms. The number of nitriles is 1. The maximum atomic E-state index is 12.7. The van der Waals surface area contributed by atoms with Crippen LogP contribution in [0.4, 0.5) is 5.69 Å². The van der Waals surface area contributed by atoms with Crippen molar-refractivity contribution in [2.24, 2.45) is 5.10 Å². The lowest BCUT2D eigenvalue weighted by atomic mass is 10.1. The third-order valence-corrected chi connectivity index (χ3v) is 3.89. The number of carbonyl (C=O) groups excluding carboxylic acids is 1. The Kier molecular flexibility index (Phi) is 4.99. The van der Waals surface area contributed by atoms with Crippen molar-refractivity contribution in [3.63, 3.8) is 0 Å². The Morgan fingerprint density at radius 2 is 2.04 bits per heavy atom. The first-order chi connectivity index (χ1) is 13.0. The molecule has 0 saturated carbocycles. The van der Waals surface area contributed by atoms with E-state index in [0.717, 1.165) is 5.56 Å². The summed E-state index contributed by atoms with van der Waals surface area (Å²) in [5.41, 5.74) is 2.20. The van der Waals surface area contributed by atoms with Gasteiger partial charge in [0.05, 0.1) is 22.5 Å². The summed E-state index contributed by atoms with van der Waals surface area (Å²) >= 11 is 0. The number of benzene rings is 2. The van der Waals surface area contributed by atoms with Gasteiger partial charge >= 0.3 is 5.97 Å². The van der Waals surface area contributed by atoms with E-state index in [4.69, 9.17) is 15.1 Å². The highest BCUT2D eigenvalue weighted by Gasteiger charge is 2.29. The normalized spacial score (nSPS) is 14.8. The Morgan fingerprint density at radius 3 is 2.70 bits per heavy atom. The highest BCUT2D eigenvalue weighted by atomic mass is 16.5.